The van der Waals surface area contributed by atoms with Crippen LogP contribution in [0, 0.1) is 11.3 Å². The summed E-state index contributed by atoms with van der Waals surface area (Å²) in [6.45, 7) is 2.68. The van der Waals surface area contributed by atoms with E-state index >= 15 is 0 Å². The van der Waals surface area contributed by atoms with Crippen molar-refractivity contribution < 1.29 is 0 Å². The maximum atomic E-state index is 8.99. The zero-order chi connectivity index (χ0) is 14.7. The molecule has 0 atom stereocenters. The molecule has 6 heteroatoms. The summed E-state index contributed by atoms with van der Waals surface area (Å²) in [7, 11) is 0. The standard InChI is InChI=1S/C14H14ClN5/c1-2-20-12-5-9(7-16)3-4-11(12)19-14(20)10(8-17)6-13(15)18/h3-6,8H,2,17-18H2,1H3/b10-8+,13-6-. The van der Waals surface area contributed by atoms with Gasteiger partial charge >= 0.3 is 0 Å². The van der Waals surface area contributed by atoms with Crippen molar-refractivity contribution in [1.29, 1.82) is 5.26 Å². The van der Waals surface area contributed by atoms with Gasteiger partial charge in [0.2, 0.25) is 0 Å². The molecule has 0 fully saturated rings. The van der Waals surface area contributed by atoms with Crippen LogP contribution in [-0.4, -0.2) is 9.55 Å². The fraction of sp³-hybridized carbons (Fsp3) is 0.143. The molecular formula is C14H14ClN5. The van der Waals surface area contributed by atoms with Gasteiger partial charge in [0.1, 0.15) is 5.82 Å². The minimum absolute atomic E-state index is 0.133. The van der Waals surface area contributed by atoms with Gasteiger partial charge in [-0.1, -0.05) is 11.6 Å². The molecule has 0 saturated heterocycles. The van der Waals surface area contributed by atoms with Gasteiger partial charge in [0.25, 0.3) is 0 Å². The molecule has 2 rings (SSSR count). The number of halogens is 1. The number of fused-ring (bicyclic) bond motifs is 1. The highest BCUT2D eigenvalue weighted by Crippen LogP contribution is 2.23. The Morgan fingerprint density at radius 3 is 2.85 bits per heavy atom. The van der Waals surface area contributed by atoms with E-state index in [-0.39, 0.29) is 5.16 Å². The second kappa shape index (κ2) is 5.68. The largest absolute Gasteiger partial charge is 0.404 e. The molecule has 1 aromatic carbocycles. The fourth-order valence-corrected chi connectivity index (χ4v) is 2.19. The van der Waals surface area contributed by atoms with Crippen LogP contribution in [0.5, 0.6) is 0 Å². The summed E-state index contributed by atoms with van der Waals surface area (Å²) in [5.74, 6) is 0.670. The van der Waals surface area contributed by atoms with Gasteiger partial charge in [-0.25, -0.2) is 4.98 Å². The SMILES string of the molecule is CCn1c(C(/C=C(\N)Cl)=C/N)nc2ccc(C#N)cc21. The van der Waals surface area contributed by atoms with Crippen molar-refractivity contribution in [2.45, 2.75) is 13.5 Å². The van der Waals surface area contributed by atoms with E-state index in [2.05, 4.69) is 11.1 Å². The molecule has 0 unspecified atom stereocenters. The summed E-state index contributed by atoms with van der Waals surface area (Å²) < 4.78 is 1.96. The number of benzene rings is 1. The predicted octanol–water partition coefficient (Wildman–Crippen LogP) is 2.27. The number of nitriles is 1. The Morgan fingerprint density at radius 2 is 2.30 bits per heavy atom. The Bertz CT molecular complexity index is 745. The first-order chi connectivity index (χ1) is 9.60. The van der Waals surface area contributed by atoms with Crippen molar-refractivity contribution in [2.24, 2.45) is 11.5 Å². The molecule has 5 nitrogen and oxygen atoms in total. The first kappa shape index (κ1) is 14.0. The maximum absolute atomic E-state index is 8.99. The molecule has 102 valence electrons. The lowest BCUT2D eigenvalue weighted by Crippen LogP contribution is -2.03. The quantitative estimate of drug-likeness (QED) is 0.669. The molecular weight excluding hydrogens is 274 g/mol. The number of imidazole rings is 1. The summed E-state index contributed by atoms with van der Waals surface area (Å²) >= 11 is 5.71. The number of rotatable bonds is 3. The Balaban J connectivity index is 2.71. The van der Waals surface area contributed by atoms with Gasteiger partial charge in [-0.2, -0.15) is 5.26 Å². The molecule has 20 heavy (non-hydrogen) atoms. The molecule has 2 aromatic rings. The van der Waals surface area contributed by atoms with Crippen LogP contribution in [-0.2, 0) is 6.54 Å². The zero-order valence-corrected chi connectivity index (χ0v) is 11.7. The first-order valence-electron chi connectivity index (χ1n) is 6.06. The average Bonchev–Trinajstić information content (AvgIpc) is 2.81. The third kappa shape index (κ3) is 2.46. The van der Waals surface area contributed by atoms with Crippen LogP contribution in [0.2, 0.25) is 0 Å². The van der Waals surface area contributed by atoms with Crippen molar-refractivity contribution in [3.8, 4) is 6.07 Å². The smallest absolute Gasteiger partial charge is 0.142 e. The number of aryl methyl sites for hydroxylation is 1. The highest BCUT2D eigenvalue weighted by molar-refractivity contribution is 6.29. The third-order valence-corrected chi connectivity index (χ3v) is 3.03. The number of nitrogens with zero attached hydrogens (tertiary/aromatic N) is 3. The van der Waals surface area contributed by atoms with Crippen molar-refractivity contribution in [3.63, 3.8) is 0 Å². The van der Waals surface area contributed by atoms with Gasteiger partial charge in [-0.05, 0) is 31.2 Å². The lowest BCUT2D eigenvalue weighted by molar-refractivity contribution is 0.774. The highest BCUT2D eigenvalue weighted by atomic mass is 35.5. The van der Waals surface area contributed by atoms with E-state index in [0.717, 1.165) is 11.0 Å². The van der Waals surface area contributed by atoms with Crippen molar-refractivity contribution in [3.05, 3.63) is 47.0 Å². The van der Waals surface area contributed by atoms with E-state index in [9.17, 15) is 0 Å². The van der Waals surface area contributed by atoms with Crippen LogP contribution in [0.15, 0.2) is 35.6 Å². The zero-order valence-electron chi connectivity index (χ0n) is 11.0. The first-order valence-corrected chi connectivity index (χ1v) is 6.43. The molecule has 0 aliphatic rings. The van der Waals surface area contributed by atoms with Crippen LogP contribution in [0.25, 0.3) is 16.6 Å². The highest BCUT2D eigenvalue weighted by Gasteiger charge is 2.13. The molecule has 1 heterocycles. The summed E-state index contributed by atoms with van der Waals surface area (Å²) in [6.07, 6.45) is 2.97. The van der Waals surface area contributed by atoms with E-state index in [1.54, 1.807) is 18.2 Å². The van der Waals surface area contributed by atoms with Gasteiger partial charge in [0.05, 0.1) is 27.8 Å². The van der Waals surface area contributed by atoms with Gasteiger partial charge in [-0.15, -0.1) is 0 Å². The normalized spacial score (nSPS) is 12.7. The topological polar surface area (TPSA) is 93.7 Å². The van der Waals surface area contributed by atoms with E-state index < -0.39 is 0 Å². The van der Waals surface area contributed by atoms with Crippen LogP contribution in [0.4, 0.5) is 0 Å². The molecule has 0 aliphatic carbocycles. The van der Waals surface area contributed by atoms with Crippen LogP contribution in [0.1, 0.15) is 18.3 Å². The second-order valence-electron chi connectivity index (χ2n) is 4.15. The fourth-order valence-electron chi connectivity index (χ4n) is 2.07. The Morgan fingerprint density at radius 1 is 1.55 bits per heavy atom. The Hall–Kier alpha value is -2.45. The van der Waals surface area contributed by atoms with Crippen molar-refractivity contribution >= 4 is 28.2 Å². The van der Waals surface area contributed by atoms with Crippen LogP contribution < -0.4 is 11.5 Å². The summed E-state index contributed by atoms with van der Waals surface area (Å²) in [4.78, 5) is 4.53. The second-order valence-corrected chi connectivity index (χ2v) is 4.58. The number of aromatic nitrogens is 2. The summed E-state index contributed by atoms with van der Waals surface area (Å²) in [5.41, 5.74) is 14.0. The number of allylic oxidation sites excluding steroid dienone is 2. The van der Waals surface area contributed by atoms with Crippen LogP contribution >= 0.6 is 11.6 Å². The minimum atomic E-state index is 0.133. The molecule has 0 spiro atoms. The Kier molecular flexibility index (Phi) is 3.97. The van der Waals surface area contributed by atoms with Gasteiger partial charge in [-0.3, -0.25) is 0 Å². The van der Waals surface area contributed by atoms with E-state index in [0.29, 0.717) is 23.5 Å². The lowest BCUT2D eigenvalue weighted by Gasteiger charge is -2.06. The van der Waals surface area contributed by atoms with E-state index in [1.165, 1.54) is 6.20 Å². The molecule has 0 amide bonds. The third-order valence-electron chi connectivity index (χ3n) is 2.92. The predicted molar refractivity (Wildman–Crippen MR) is 80.4 cm³/mol. The van der Waals surface area contributed by atoms with E-state index in [4.69, 9.17) is 28.3 Å². The number of hydrogen-bond acceptors (Lipinski definition) is 4. The number of nitrogens with two attached hydrogens (primary N) is 2. The monoisotopic (exact) mass is 287 g/mol. The molecule has 1 aromatic heterocycles. The molecule has 0 radical (unpaired) electrons. The summed E-state index contributed by atoms with van der Waals surface area (Å²) in [6, 6.07) is 7.47. The minimum Gasteiger partial charge on any atom is -0.404 e. The van der Waals surface area contributed by atoms with Gasteiger partial charge < -0.3 is 16.0 Å². The Labute approximate surface area is 121 Å². The summed E-state index contributed by atoms with van der Waals surface area (Å²) in [5, 5.41) is 9.12. The van der Waals surface area contributed by atoms with Gasteiger partial charge in [0, 0.05) is 18.3 Å². The number of hydrogen-bond donors (Lipinski definition) is 2. The van der Waals surface area contributed by atoms with Crippen molar-refractivity contribution in [2.75, 3.05) is 0 Å². The average molecular weight is 288 g/mol. The molecule has 0 saturated carbocycles. The van der Waals surface area contributed by atoms with Gasteiger partial charge in [0.15, 0.2) is 0 Å². The molecule has 0 aliphatic heterocycles. The maximum Gasteiger partial charge on any atom is 0.142 e. The lowest BCUT2D eigenvalue weighted by atomic mass is 10.2. The molecule has 4 N–H and O–H groups in total. The van der Waals surface area contributed by atoms with Crippen molar-refractivity contribution in [1.82, 2.24) is 9.55 Å². The van der Waals surface area contributed by atoms with Crippen LogP contribution in [0.3, 0.4) is 0 Å². The molecule has 0 bridgehead atoms. The van der Waals surface area contributed by atoms with E-state index in [1.807, 2.05) is 17.6 Å².